The van der Waals surface area contributed by atoms with E-state index in [4.69, 9.17) is 4.74 Å². The summed E-state index contributed by atoms with van der Waals surface area (Å²) in [6.45, 7) is 10.8. The highest BCUT2D eigenvalue weighted by Gasteiger charge is 2.26. The molecule has 1 unspecified atom stereocenters. The number of pyridine rings is 1. The SMILES string of the molecule is CC(C)C[C@@H](CN1CCOCC1)NS(=O)(=O)c1ccc(CN2c3ccncc3NC2C)cc1. The standard InChI is InChI=1S/C24H35N5O3S/c1-18(2)14-21(17-28-10-12-32-13-11-28)27-33(30,31)22-6-4-20(5-7-22)16-29-19(3)26-23-15-25-9-8-24(23)29/h4-9,15,18-19,21,26-27H,10-14,16-17H2,1-3H3/t19?,21-/m0/s1. The van der Waals surface area contributed by atoms with E-state index in [1.165, 1.54) is 0 Å². The molecule has 0 saturated carbocycles. The fourth-order valence-corrected chi connectivity index (χ4v) is 5.81. The molecule has 0 amide bonds. The lowest BCUT2D eigenvalue weighted by Crippen LogP contribution is -2.47. The molecule has 1 aromatic carbocycles. The fourth-order valence-electron chi connectivity index (χ4n) is 4.57. The summed E-state index contributed by atoms with van der Waals surface area (Å²) in [5.41, 5.74) is 3.18. The molecule has 180 valence electrons. The first kappa shape index (κ1) is 23.9. The second-order valence-corrected chi connectivity index (χ2v) is 11.1. The first-order valence-corrected chi connectivity index (χ1v) is 13.2. The van der Waals surface area contributed by atoms with Crippen LogP contribution in [0.2, 0.25) is 0 Å². The lowest BCUT2D eigenvalue weighted by atomic mass is 10.0. The van der Waals surface area contributed by atoms with Crippen molar-refractivity contribution in [1.82, 2.24) is 14.6 Å². The Labute approximate surface area is 197 Å². The molecule has 2 aliphatic heterocycles. The Morgan fingerprint density at radius 3 is 2.61 bits per heavy atom. The number of anilines is 2. The normalized spacial score (nSPS) is 20.0. The minimum Gasteiger partial charge on any atom is -0.379 e. The number of benzene rings is 1. The van der Waals surface area contributed by atoms with Gasteiger partial charge in [-0.2, -0.15) is 0 Å². The molecule has 2 N–H and O–H groups in total. The van der Waals surface area contributed by atoms with E-state index < -0.39 is 10.0 Å². The highest BCUT2D eigenvalue weighted by molar-refractivity contribution is 7.89. The maximum absolute atomic E-state index is 13.2. The molecule has 4 rings (SSSR count). The molecule has 33 heavy (non-hydrogen) atoms. The first-order valence-electron chi connectivity index (χ1n) is 11.7. The number of sulfonamides is 1. The Morgan fingerprint density at radius 1 is 1.18 bits per heavy atom. The zero-order valence-corrected chi connectivity index (χ0v) is 20.5. The third-order valence-electron chi connectivity index (χ3n) is 6.19. The molecule has 1 saturated heterocycles. The van der Waals surface area contributed by atoms with Crippen LogP contribution in [0.25, 0.3) is 0 Å². The average molecular weight is 474 g/mol. The van der Waals surface area contributed by atoms with E-state index in [1.54, 1.807) is 18.3 Å². The summed E-state index contributed by atoms with van der Waals surface area (Å²) in [7, 11) is -3.60. The number of nitrogens with zero attached hydrogens (tertiary/aromatic N) is 3. The van der Waals surface area contributed by atoms with Gasteiger partial charge in [0.25, 0.3) is 0 Å². The van der Waals surface area contributed by atoms with Crippen LogP contribution in [0.1, 0.15) is 32.8 Å². The van der Waals surface area contributed by atoms with Gasteiger partial charge in [0.05, 0.1) is 41.8 Å². The third-order valence-corrected chi connectivity index (χ3v) is 7.72. The molecule has 1 fully saturated rings. The van der Waals surface area contributed by atoms with Gasteiger partial charge in [0.1, 0.15) is 0 Å². The molecular formula is C24H35N5O3S. The summed E-state index contributed by atoms with van der Waals surface area (Å²) >= 11 is 0. The fraction of sp³-hybridized carbons (Fsp3) is 0.542. The maximum Gasteiger partial charge on any atom is 0.240 e. The number of morpholine rings is 1. The molecule has 0 aliphatic carbocycles. The summed E-state index contributed by atoms with van der Waals surface area (Å²) in [5, 5.41) is 3.42. The van der Waals surface area contributed by atoms with Crippen LogP contribution in [-0.2, 0) is 21.3 Å². The highest BCUT2D eigenvalue weighted by Crippen LogP contribution is 2.34. The van der Waals surface area contributed by atoms with E-state index in [9.17, 15) is 8.42 Å². The lowest BCUT2D eigenvalue weighted by Gasteiger charge is -2.31. The van der Waals surface area contributed by atoms with Gasteiger partial charge >= 0.3 is 0 Å². The van der Waals surface area contributed by atoms with Crippen molar-refractivity contribution in [3.63, 3.8) is 0 Å². The van der Waals surface area contributed by atoms with Crippen molar-refractivity contribution < 1.29 is 13.2 Å². The number of rotatable bonds is 9. The van der Waals surface area contributed by atoms with Crippen LogP contribution in [0.3, 0.4) is 0 Å². The summed E-state index contributed by atoms with van der Waals surface area (Å²) in [4.78, 5) is 9.01. The molecule has 3 heterocycles. The smallest absolute Gasteiger partial charge is 0.240 e. The second kappa shape index (κ2) is 10.4. The molecule has 2 atom stereocenters. The Hall–Kier alpha value is -2.20. The summed E-state index contributed by atoms with van der Waals surface area (Å²) in [5.74, 6) is 0.398. The average Bonchev–Trinajstić information content (AvgIpc) is 3.09. The van der Waals surface area contributed by atoms with Crippen molar-refractivity contribution in [1.29, 1.82) is 0 Å². The summed E-state index contributed by atoms with van der Waals surface area (Å²) < 4.78 is 34.7. The minimum atomic E-state index is -3.60. The van der Waals surface area contributed by atoms with Gasteiger partial charge in [0, 0.05) is 38.4 Å². The molecule has 9 heteroatoms. The molecule has 0 spiro atoms. The van der Waals surface area contributed by atoms with Crippen LogP contribution >= 0.6 is 0 Å². The van der Waals surface area contributed by atoms with Crippen molar-refractivity contribution in [2.24, 2.45) is 5.92 Å². The van der Waals surface area contributed by atoms with E-state index in [2.05, 4.69) is 45.6 Å². The van der Waals surface area contributed by atoms with E-state index >= 15 is 0 Å². The number of aromatic nitrogens is 1. The van der Waals surface area contributed by atoms with E-state index in [0.717, 1.165) is 36.4 Å². The van der Waals surface area contributed by atoms with Gasteiger partial charge in [0.2, 0.25) is 10.0 Å². The monoisotopic (exact) mass is 473 g/mol. The zero-order valence-electron chi connectivity index (χ0n) is 19.7. The number of hydrogen-bond acceptors (Lipinski definition) is 7. The van der Waals surface area contributed by atoms with Gasteiger partial charge in [-0.15, -0.1) is 0 Å². The van der Waals surface area contributed by atoms with Gasteiger partial charge in [0.15, 0.2) is 0 Å². The Kier molecular flexibility index (Phi) is 7.53. The van der Waals surface area contributed by atoms with Gasteiger partial charge in [-0.1, -0.05) is 26.0 Å². The molecule has 1 aromatic heterocycles. The lowest BCUT2D eigenvalue weighted by molar-refractivity contribution is 0.0337. The van der Waals surface area contributed by atoms with Crippen LogP contribution < -0.4 is 14.9 Å². The van der Waals surface area contributed by atoms with Crippen molar-refractivity contribution in [3.8, 4) is 0 Å². The second-order valence-electron chi connectivity index (χ2n) is 9.35. The number of hydrogen-bond donors (Lipinski definition) is 2. The molecule has 2 aliphatic rings. The van der Waals surface area contributed by atoms with E-state index in [0.29, 0.717) is 37.1 Å². The van der Waals surface area contributed by atoms with Gasteiger partial charge in [-0.25, -0.2) is 13.1 Å². The van der Waals surface area contributed by atoms with Gasteiger partial charge in [-0.05, 0) is 43.0 Å². The van der Waals surface area contributed by atoms with E-state index in [-0.39, 0.29) is 12.2 Å². The van der Waals surface area contributed by atoms with Crippen molar-refractivity contribution >= 4 is 21.4 Å². The highest BCUT2D eigenvalue weighted by atomic mass is 32.2. The zero-order chi connectivity index (χ0) is 23.4. The molecule has 2 aromatic rings. The number of fused-ring (bicyclic) bond motifs is 1. The van der Waals surface area contributed by atoms with E-state index in [1.807, 2.05) is 24.4 Å². The van der Waals surface area contributed by atoms with Gasteiger partial charge in [-0.3, -0.25) is 9.88 Å². The maximum atomic E-state index is 13.2. The van der Waals surface area contributed by atoms with Crippen LogP contribution in [-0.4, -0.2) is 63.4 Å². The van der Waals surface area contributed by atoms with Crippen LogP contribution in [0.15, 0.2) is 47.6 Å². The topological polar surface area (TPSA) is 86.8 Å². The van der Waals surface area contributed by atoms with Crippen molar-refractivity contribution in [3.05, 3.63) is 48.3 Å². The Balaban J connectivity index is 1.43. The summed E-state index contributed by atoms with van der Waals surface area (Å²) in [6, 6.07) is 9.09. The van der Waals surface area contributed by atoms with Crippen LogP contribution in [0.5, 0.6) is 0 Å². The van der Waals surface area contributed by atoms with Crippen molar-refractivity contribution in [2.75, 3.05) is 43.1 Å². The first-order chi connectivity index (χ1) is 15.8. The number of ether oxygens (including phenoxy) is 1. The molecule has 0 radical (unpaired) electrons. The van der Waals surface area contributed by atoms with Gasteiger partial charge < -0.3 is 15.0 Å². The molecular weight excluding hydrogens is 438 g/mol. The van der Waals surface area contributed by atoms with Crippen LogP contribution in [0.4, 0.5) is 11.4 Å². The molecule has 0 bridgehead atoms. The quantitative estimate of drug-likeness (QED) is 0.579. The number of nitrogens with one attached hydrogen (secondary N) is 2. The predicted molar refractivity (Wildman–Crippen MR) is 131 cm³/mol. The largest absolute Gasteiger partial charge is 0.379 e. The third kappa shape index (κ3) is 6.03. The van der Waals surface area contributed by atoms with Crippen molar-refractivity contribution in [2.45, 2.75) is 50.8 Å². The van der Waals surface area contributed by atoms with Crippen LogP contribution in [0, 0.1) is 5.92 Å². The molecule has 8 nitrogen and oxygen atoms in total. The summed E-state index contributed by atoms with van der Waals surface area (Å²) in [6.07, 6.45) is 4.56. The Bertz CT molecular complexity index is 1020. The minimum absolute atomic E-state index is 0.130. The Morgan fingerprint density at radius 2 is 1.91 bits per heavy atom. The predicted octanol–water partition coefficient (Wildman–Crippen LogP) is 2.88.